The van der Waals surface area contributed by atoms with Gasteiger partial charge in [-0.2, -0.15) is 0 Å². The van der Waals surface area contributed by atoms with Crippen LogP contribution in [0.3, 0.4) is 0 Å². The molecule has 0 fully saturated rings. The SMILES string of the molecule is COC(=O)C1CC2=C(CC(C)(C)CC2=O)N(c2ccccc2)C1=O. The molecular formula is C19H21NO4. The van der Waals surface area contributed by atoms with Crippen molar-refractivity contribution in [1.29, 1.82) is 0 Å². The Bertz CT molecular complexity index is 733. The van der Waals surface area contributed by atoms with E-state index in [1.54, 1.807) is 4.90 Å². The van der Waals surface area contributed by atoms with Crippen LogP contribution in [0.1, 0.15) is 33.1 Å². The number of amides is 1. The molecular weight excluding hydrogens is 306 g/mol. The summed E-state index contributed by atoms with van der Waals surface area (Å²) in [4.78, 5) is 39.2. The lowest BCUT2D eigenvalue weighted by Crippen LogP contribution is -2.47. The standard InChI is InChI=1S/C19H21NO4/c1-19(2)10-15-13(16(21)11-19)9-14(18(23)24-3)17(22)20(15)12-7-5-4-6-8-12/h4-8,14H,9-11H2,1-3H3. The molecule has 24 heavy (non-hydrogen) atoms. The highest BCUT2D eigenvalue weighted by Crippen LogP contribution is 2.44. The van der Waals surface area contributed by atoms with Crippen LogP contribution in [0, 0.1) is 11.3 Å². The minimum absolute atomic E-state index is 0.0172. The Labute approximate surface area is 141 Å². The molecule has 1 amide bonds. The molecule has 0 bridgehead atoms. The molecule has 0 aromatic heterocycles. The van der Waals surface area contributed by atoms with Crippen LogP contribution < -0.4 is 4.90 Å². The number of ether oxygens (including phenoxy) is 1. The maximum Gasteiger partial charge on any atom is 0.318 e. The zero-order valence-electron chi connectivity index (χ0n) is 14.2. The molecule has 1 aromatic carbocycles. The molecule has 3 rings (SSSR count). The Balaban J connectivity index is 2.14. The zero-order valence-corrected chi connectivity index (χ0v) is 14.2. The summed E-state index contributed by atoms with van der Waals surface area (Å²) in [6, 6.07) is 9.16. The number of rotatable bonds is 2. The third-order valence-electron chi connectivity index (χ3n) is 4.67. The summed E-state index contributed by atoms with van der Waals surface area (Å²) in [5, 5.41) is 0. The van der Waals surface area contributed by atoms with Crippen molar-refractivity contribution in [3.8, 4) is 0 Å². The number of allylic oxidation sites excluding steroid dienone is 2. The monoisotopic (exact) mass is 327 g/mol. The van der Waals surface area contributed by atoms with Crippen LogP contribution in [-0.4, -0.2) is 24.8 Å². The summed E-state index contributed by atoms with van der Waals surface area (Å²) in [7, 11) is 1.26. The number of para-hydroxylation sites is 1. The smallest absolute Gasteiger partial charge is 0.318 e. The highest BCUT2D eigenvalue weighted by atomic mass is 16.5. The molecule has 0 saturated heterocycles. The van der Waals surface area contributed by atoms with E-state index in [0.717, 1.165) is 5.70 Å². The highest BCUT2D eigenvalue weighted by molar-refractivity contribution is 6.13. The van der Waals surface area contributed by atoms with Gasteiger partial charge in [-0.05, 0) is 30.4 Å². The van der Waals surface area contributed by atoms with Gasteiger partial charge in [-0.25, -0.2) is 0 Å². The first kappa shape index (κ1) is 16.4. The van der Waals surface area contributed by atoms with Crippen molar-refractivity contribution in [3.63, 3.8) is 0 Å². The van der Waals surface area contributed by atoms with Crippen molar-refractivity contribution in [3.05, 3.63) is 41.6 Å². The van der Waals surface area contributed by atoms with Crippen molar-refractivity contribution >= 4 is 23.3 Å². The lowest BCUT2D eigenvalue weighted by atomic mass is 9.72. The van der Waals surface area contributed by atoms with E-state index in [2.05, 4.69) is 0 Å². The van der Waals surface area contributed by atoms with Gasteiger partial charge in [0, 0.05) is 23.4 Å². The Hall–Kier alpha value is -2.43. The van der Waals surface area contributed by atoms with Crippen LogP contribution in [0.25, 0.3) is 0 Å². The van der Waals surface area contributed by atoms with Crippen LogP contribution in [0.2, 0.25) is 0 Å². The van der Waals surface area contributed by atoms with Gasteiger partial charge in [-0.1, -0.05) is 32.0 Å². The maximum absolute atomic E-state index is 13.0. The molecule has 0 N–H and O–H groups in total. The van der Waals surface area contributed by atoms with Crippen LogP contribution >= 0.6 is 0 Å². The Morgan fingerprint density at radius 2 is 1.83 bits per heavy atom. The lowest BCUT2D eigenvalue weighted by Gasteiger charge is -2.41. The number of ketones is 1. The van der Waals surface area contributed by atoms with E-state index in [4.69, 9.17) is 4.74 Å². The van der Waals surface area contributed by atoms with Crippen LogP contribution in [0.4, 0.5) is 5.69 Å². The predicted octanol–water partition coefficient (Wildman–Crippen LogP) is 2.86. The number of hydrogen-bond donors (Lipinski definition) is 0. The van der Waals surface area contributed by atoms with E-state index in [1.165, 1.54) is 7.11 Å². The van der Waals surface area contributed by atoms with Gasteiger partial charge in [0.25, 0.3) is 0 Å². The molecule has 1 aliphatic carbocycles. The number of Topliss-reactive ketones (excluding diaryl/α,β-unsaturated/α-hetero) is 1. The minimum Gasteiger partial charge on any atom is -0.468 e. The fraction of sp³-hybridized carbons (Fsp3) is 0.421. The number of benzene rings is 1. The molecule has 1 atom stereocenters. The molecule has 0 saturated carbocycles. The molecule has 1 aliphatic heterocycles. The predicted molar refractivity (Wildman–Crippen MR) is 89.1 cm³/mol. The Kier molecular flexibility index (Phi) is 4.03. The van der Waals surface area contributed by atoms with E-state index >= 15 is 0 Å². The number of carbonyl (C=O) groups excluding carboxylic acids is 3. The average Bonchev–Trinajstić information content (AvgIpc) is 2.53. The van der Waals surface area contributed by atoms with Gasteiger partial charge >= 0.3 is 5.97 Å². The molecule has 1 aromatic rings. The normalized spacial score (nSPS) is 23.1. The van der Waals surface area contributed by atoms with Gasteiger partial charge in [0.05, 0.1) is 7.11 Å². The van der Waals surface area contributed by atoms with Gasteiger partial charge < -0.3 is 4.74 Å². The summed E-state index contributed by atoms with van der Waals surface area (Å²) in [5.41, 5.74) is 1.79. The quantitative estimate of drug-likeness (QED) is 0.619. The molecule has 1 unspecified atom stereocenters. The van der Waals surface area contributed by atoms with Gasteiger partial charge in [-0.15, -0.1) is 0 Å². The summed E-state index contributed by atoms with van der Waals surface area (Å²) in [6.45, 7) is 4.05. The van der Waals surface area contributed by atoms with Crippen molar-refractivity contribution in [2.75, 3.05) is 12.0 Å². The third-order valence-corrected chi connectivity index (χ3v) is 4.67. The average molecular weight is 327 g/mol. The Morgan fingerprint density at radius 3 is 2.46 bits per heavy atom. The van der Waals surface area contributed by atoms with E-state index < -0.39 is 11.9 Å². The first-order valence-electron chi connectivity index (χ1n) is 8.06. The fourth-order valence-corrected chi connectivity index (χ4v) is 3.54. The van der Waals surface area contributed by atoms with E-state index in [1.807, 2.05) is 44.2 Å². The number of hydrogen-bond acceptors (Lipinski definition) is 4. The van der Waals surface area contributed by atoms with Gasteiger partial charge in [-0.3, -0.25) is 19.3 Å². The van der Waals surface area contributed by atoms with Crippen molar-refractivity contribution in [1.82, 2.24) is 0 Å². The van der Waals surface area contributed by atoms with E-state index in [0.29, 0.717) is 24.1 Å². The topological polar surface area (TPSA) is 63.7 Å². The number of esters is 1. The summed E-state index contributed by atoms with van der Waals surface area (Å²) < 4.78 is 4.78. The highest BCUT2D eigenvalue weighted by Gasteiger charge is 2.46. The van der Waals surface area contributed by atoms with Crippen LogP contribution in [-0.2, 0) is 19.1 Å². The molecule has 5 nitrogen and oxygen atoms in total. The van der Waals surface area contributed by atoms with Crippen molar-refractivity contribution in [2.24, 2.45) is 11.3 Å². The molecule has 5 heteroatoms. The number of methoxy groups -OCH3 is 1. The minimum atomic E-state index is -0.959. The number of anilines is 1. The van der Waals surface area contributed by atoms with Gasteiger partial charge in [0.1, 0.15) is 5.92 Å². The zero-order chi connectivity index (χ0) is 17.5. The molecule has 0 radical (unpaired) electrons. The van der Waals surface area contributed by atoms with Crippen molar-refractivity contribution < 1.29 is 19.1 Å². The van der Waals surface area contributed by atoms with Crippen molar-refractivity contribution in [2.45, 2.75) is 33.1 Å². The summed E-state index contributed by atoms with van der Waals surface area (Å²) in [6.07, 6.45) is 1.19. The van der Waals surface area contributed by atoms with Crippen LogP contribution in [0.15, 0.2) is 41.6 Å². The van der Waals surface area contributed by atoms with E-state index in [-0.39, 0.29) is 23.5 Å². The second-order valence-electron chi connectivity index (χ2n) is 7.16. The van der Waals surface area contributed by atoms with Gasteiger partial charge in [0.15, 0.2) is 5.78 Å². The van der Waals surface area contributed by atoms with E-state index in [9.17, 15) is 14.4 Å². The molecule has 1 heterocycles. The largest absolute Gasteiger partial charge is 0.468 e. The molecule has 126 valence electrons. The second-order valence-corrected chi connectivity index (χ2v) is 7.16. The lowest BCUT2D eigenvalue weighted by molar-refractivity contribution is -0.149. The maximum atomic E-state index is 13.0. The third kappa shape index (κ3) is 2.75. The number of nitrogens with zero attached hydrogens (tertiary/aromatic N) is 1. The first-order chi connectivity index (χ1) is 11.3. The summed E-state index contributed by atoms with van der Waals surface area (Å²) >= 11 is 0. The number of carbonyl (C=O) groups is 3. The molecule has 0 spiro atoms. The Morgan fingerprint density at radius 1 is 1.17 bits per heavy atom. The molecule has 2 aliphatic rings. The fourth-order valence-electron chi connectivity index (χ4n) is 3.54. The van der Waals surface area contributed by atoms with Crippen LogP contribution in [0.5, 0.6) is 0 Å². The van der Waals surface area contributed by atoms with Gasteiger partial charge in [0.2, 0.25) is 5.91 Å². The summed E-state index contributed by atoms with van der Waals surface area (Å²) in [5.74, 6) is -1.86. The first-order valence-corrected chi connectivity index (χ1v) is 8.06. The second kappa shape index (κ2) is 5.89.